The second kappa shape index (κ2) is 28.7. The number of aromatic nitrogens is 1. The third-order valence-electron chi connectivity index (χ3n) is 13.7. The predicted molar refractivity (Wildman–Crippen MR) is 337 cm³/mol. The summed E-state index contributed by atoms with van der Waals surface area (Å²) in [6.45, 7) is 32.7. The highest BCUT2D eigenvalue weighted by Gasteiger charge is 2.53. The van der Waals surface area contributed by atoms with Crippen molar-refractivity contribution in [1.82, 2.24) is 4.98 Å². The topological polar surface area (TPSA) is 106 Å². The summed E-state index contributed by atoms with van der Waals surface area (Å²) in [5.41, 5.74) is 4.37. The quantitative estimate of drug-likeness (QED) is 0.135. The van der Waals surface area contributed by atoms with Crippen molar-refractivity contribution in [2.75, 3.05) is 62.4 Å². The van der Waals surface area contributed by atoms with Crippen molar-refractivity contribution in [3.05, 3.63) is 130 Å². The minimum atomic E-state index is -0.398. The van der Waals surface area contributed by atoms with E-state index in [1.54, 1.807) is 0 Å². The lowest BCUT2D eigenvalue weighted by atomic mass is 9.79. The van der Waals surface area contributed by atoms with Crippen molar-refractivity contribution in [2.45, 2.75) is 125 Å². The first-order valence-electron chi connectivity index (χ1n) is 26.3. The van der Waals surface area contributed by atoms with Gasteiger partial charge in [0.25, 0.3) is 0 Å². The van der Waals surface area contributed by atoms with Crippen LogP contribution >= 0.6 is 94.2 Å². The van der Waals surface area contributed by atoms with Crippen LogP contribution < -0.4 is 30.2 Å². The van der Waals surface area contributed by atoms with Crippen LogP contribution in [0.25, 0.3) is 11.1 Å². The zero-order valence-corrected chi connectivity index (χ0v) is 55.1. The Kier molecular flexibility index (Phi) is 23.8. The van der Waals surface area contributed by atoms with E-state index >= 15 is 0 Å². The smallest absolute Gasteiger partial charge is 0.489 e. The summed E-state index contributed by atoms with van der Waals surface area (Å²) in [4.78, 5) is 8.66. The van der Waals surface area contributed by atoms with E-state index in [1.807, 2.05) is 153 Å². The molecule has 0 saturated carbocycles. The molecule has 12 nitrogen and oxygen atoms in total. The van der Waals surface area contributed by atoms with Gasteiger partial charge in [0.1, 0.15) is 17.0 Å². The largest absolute Gasteiger partial charge is 0.494 e. The van der Waals surface area contributed by atoms with Gasteiger partial charge in [-0.1, -0.05) is 106 Å². The molecular formula is C58H72B2Br3Cl4N3O9. The third-order valence-corrected chi connectivity index (χ3v) is 16.3. The van der Waals surface area contributed by atoms with E-state index in [4.69, 9.17) is 88.4 Å². The van der Waals surface area contributed by atoms with Crippen LogP contribution in [0.2, 0.25) is 20.1 Å². The van der Waals surface area contributed by atoms with Gasteiger partial charge in [0.15, 0.2) is 11.5 Å². The second-order valence-electron chi connectivity index (χ2n) is 21.6. The van der Waals surface area contributed by atoms with Crippen LogP contribution in [0.3, 0.4) is 0 Å². The molecule has 5 aromatic carbocycles. The number of rotatable bonds is 8. The van der Waals surface area contributed by atoms with Gasteiger partial charge in [-0.05, 0) is 173 Å². The molecule has 4 aliphatic heterocycles. The summed E-state index contributed by atoms with van der Waals surface area (Å²) in [5.74, 6) is 2.12. The number of morpholine rings is 2. The number of hydrogen-bond donors (Lipinski definition) is 0. The molecule has 4 fully saturated rings. The summed E-state index contributed by atoms with van der Waals surface area (Å²) >= 11 is 34.9. The van der Waals surface area contributed by atoms with Gasteiger partial charge in [0.2, 0.25) is 0 Å². The molecule has 5 heterocycles. The molecule has 0 amide bonds. The molecule has 21 heteroatoms. The van der Waals surface area contributed by atoms with E-state index in [0.29, 0.717) is 21.7 Å². The standard InChI is InChI=1S/C16H23BClNO3.C15H22BClO3.C10H11BrClNO.C9H10BrClO.C8H6BrNO/c1-15(2)16(3,4)22-17(21-15)12-5-6-14(13(18)11-12)19-7-9-20-10-8-19;1-10(2)18-13-8-7-11(9-12(13)17)16-19-14(3,4)15(5,6)20-16;11-8-1-2-10(9(12)7-8)13-3-5-14-6-4-13;1-6(2)12-9-4-3-7(10)5-8(9)11;1-5-10-7-3-2-6(9)4-8(7)11-5/h5-6,11H,7-10H2,1-4H3;7-10H,1-6H3;1-2,7H,3-6H2;3-6H,1-2H3;2-4H,1H3. The SMILES string of the molecule is CC(C)Oc1ccc(B2OC(C)(C)C(C)(C)O2)cc1Cl.CC(C)Oc1ccc(Br)cc1Cl.CC1(C)OB(c2ccc(N3CCOCC3)c(Cl)c2)OC1(C)C.Cc1nc2ccc(Br)cc2o1.Clc1cc(Br)ccc1N1CCOCC1. The van der Waals surface area contributed by atoms with Crippen LogP contribution in [0.5, 0.6) is 11.5 Å². The number of aryl methyl sites for hydroxylation is 1. The number of halogens is 7. The Bertz CT molecular complexity index is 2930. The first kappa shape index (κ1) is 65.4. The van der Waals surface area contributed by atoms with Crippen LogP contribution in [0.1, 0.15) is 89.0 Å². The molecular weight excluding hydrogens is 1290 g/mol. The Morgan fingerprint density at radius 2 is 0.848 bits per heavy atom. The van der Waals surface area contributed by atoms with Gasteiger partial charge in [-0.15, -0.1) is 0 Å². The maximum Gasteiger partial charge on any atom is 0.494 e. The summed E-state index contributed by atoms with van der Waals surface area (Å²) in [6.07, 6.45) is 0.249. The number of hydrogen-bond acceptors (Lipinski definition) is 12. The van der Waals surface area contributed by atoms with Crippen LogP contribution in [0.4, 0.5) is 11.4 Å². The summed E-state index contributed by atoms with van der Waals surface area (Å²) in [7, 11) is -0.771. The first-order valence-corrected chi connectivity index (χ1v) is 30.2. The minimum absolute atomic E-state index is 0.0928. The fourth-order valence-electron chi connectivity index (χ4n) is 8.08. The van der Waals surface area contributed by atoms with E-state index in [0.717, 1.165) is 115 Å². The van der Waals surface area contributed by atoms with Crippen LogP contribution in [-0.2, 0) is 28.1 Å². The highest BCUT2D eigenvalue weighted by atomic mass is 79.9. The Morgan fingerprint density at radius 3 is 1.27 bits per heavy atom. The average molecular weight is 1360 g/mol. The average Bonchev–Trinajstić information content (AvgIpc) is 4.07. The molecule has 79 heavy (non-hydrogen) atoms. The molecule has 0 radical (unpaired) electrons. The Balaban J connectivity index is 0.000000164. The van der Waals surface area contributed by atoms with E-state index < -0.39 is 7.12 Å². The summed E-state index contributed by atoms with van der Waals surface area (Å²) in [5, 5.41) is 2.74. The number of oxazole rings is 1. The van der Waals surface area contributed by atoms with E-state index in [2.05, 4.69) is 90.3 Å². The molecule has 4 saturated heterocycles. The molecule has 10 rings (SSSR count). The van der Waals surface area contributed by atoms with Crippen molar-refractivity contribution >= 4 is 142 Å². The summed E-state index contributed by atoms with van der Waals surface area (Å²) < 4.78 is 54.2. The maximum absolute atomic E-state index is 6.49. The Hall–Kier alpha value is -2.74. The van der Waals surface area contributed by atoms with Crippen molar-refractivity contribution in [1.29, 1.82) is 0 Å². The van der Waals surface area contributed by atoms with Gasteiger partial charge < -0.3 is 51.8 Å². The van der Waals surface area contributed by atoms with E-state index in [1.165, 1.54) is 0 Å². The lowest BCUT2D eigenvalue weighted by Gasteiger charge is -2.32. The number of fused-ring (bicyclic) bond motifs is 1. The first-order chi connectivity index (χ1) is 37.0. The molecule has 0 unspecified atom stereocenters. The second-order valence-corrected chi connectivity index (χ2v) is 26.0. The summed E-state index contributed by atoms with van der Waals surface area (Å²) in [6, 6.07) is 29.0. The van der Waals surface area contributed by atoms with Gasteiger partial charge in [-0.2, -0.15) is 0 Å². The molecule has 0 aliphatic carbocycles. The van der Waals surface area contributed by atoms with E-state index in [-0.39, 0.29) is 41.7 Å². The predicted octanol–water partition coefficient (Wildman–Crippen LogP) is 15.6. The van der Waals surface area contributed by atoms with Crippen molar-refractivity contribution < 1.29 is 42.0 Å². The fraction of sp³-hybridized carbons (Fsp3) is 0.466. The molecule has 0 bridgehead atoms. The molecule has 0 spiro atoms. The van der Waals surface area contributed by atoms with Crippen molar-refractivity contribution in [3.8, 4) is 11.5 Å². The number of anilines is 2. The zero-order valence-electron chi connectivity index (χ0n) is 47.3. The van der Waals surface area contributed by atoms with Crippen molar-refractivity contribution in [3.63, 3.8) is 0 Å². The molecule has 0 N–H and O–H groups in total. The molecule has 428 valence electrons. The van der Waals surface area contributed by atoms with E-state index in [9.17, 15) is 0 Å². The van der Waals surface area contributed by atoms with Crippen LogP contribution in [0.15, 0.2) is 109 Å². The fourth-order valence-corrected chi connectivity index (χ4v) is 10.5. The number of benzene rings is 5. The number of ether oxygens (including phenoxy) is 4. The van der Waals surface area contributed by atoms with Crippen LogP contribution in [-0.4, -0.2) is 106 Å². The van der Waals surface area contributed by atoms with Gasteiger partial charge in [0, 0.05) is 46.5 Å². The molecule has 4 aliphatic rings. The normalized spacial score (nSPS) is 17.9. The molecule has 1 aromatic heterocycles. The van der Waals surface area contributed by atoms with Gasteiger partial charge >= 0.3 is 14.2 Å². The lowest BCUT2D eigenvalue weighted by molar-refractivity contribution is 0.00578. The van der Waals surface area contributed by atoms with Gasteiger partial charge in [-0.3, -0.25) is 0 Å². The molecule has 6 aromatic rings. The number of nitrogens with zero attached hydrogens (tertiary/aromatic N) is 3. The van der Waals surface area contributed by atoms with Gasteiger partial charge in [0.05, 0.1) is 92.5 Å². The third kappa shape index (κ3) is 18.4. The monoisotopic (exact) mass is 1350 g/mol. The zero-order chi connectivity index (χ0) is 58.0. The Morgan fingerprint density at radius 1 is 0.494 bits per heavy atom. The minimum Gasteiger partial charge on any atom is -0.489 e. The van der Waals surface area contributed by atoms with Crippen molar-refractivity contribution in [2.24, 2.45) is 0 Å². The highest BCUT2D eigenvalue weighted by molar-refractivity contribution is 9.11. The molecule has 0 atom stereocenters. The Labute approximate surface area is 513 Å². The van der Waals surface area contributed by atoms with Crippen LogP contribution in [0, 0.1) is 6.92 Å². The van der Waals surface area contributed by atoms with Gasteiger partial charge in [-0.25, -0.2) is 4.98 Å². The lowest BCUT2D eigenvalue weighted by Crippen LogP contribution is -2.41. The maximum atomic E-state index is 6.49. The highest BCUT2D eigenvalue weighted by Crippen LogP contribution is 2.39.